The molecule has 0 aromatic heterocycles. The number of anilines is 2. The second-order valence-corrected chi connectivity index (χ2v) is 6.37. The summed E-state index contributed by atoms with van der Waals surface area (Å²) in [6, 6.07) is 12.3. The molecule has 0 fully saturated rings. The fourth-order valence-electron chi connectivity index (χ4n) is 2.50. The maximum atomic E-state index is 12.2. The van der Waals surface area contributed by atoms with Gasteiger partial charge in [-0.2, -0.15) is 0 Å². The molecule has 0 aliphatic heterocycles. The summed E-state index contributed by atoms with van der Waals surface area (Å²) in [5, 5.41) is 6.13. The van der Waals surface area contributed by atoms with Crippen molar-refractivity contribution in [3.8, 4) is 5.75 Å². The molecular formula is C19H22ClN3O3. The predicted octanol–water partition coefficient (Wildman–Crippen LogP) is 3.38. The van der Waals surface area contributed by atoms with Gasteiger partial charge in [0.1, 0.15) is 5.75 Å². The van der Waals surface area contributed by atoms with E-state index in [-0.39, 0.29) is 18.4 Å². The number of halogens is 1. The average molecular weight is 376 g/mol. The van der Waals surface area contributed by atoms with Gasteiger partial charge >= 0.3 is 0 Å². The Kier molecular flexibility index (Phi) is 7.00. The summed E-state index contributed by atoms with van der Waals surface area (Å²) in [4.78, 5) is 25.1. The molecule has 0 atom stereocenters. The maximum absolute atomic E-state index is 12.2. The lowest BCUT2D eigenvalue weighted by molar-refractivity contribution is -0.117. The Balaban J connectivity index is 1.91. The molecule has 0 unspecified atom stereocenters. The zero-order valence-electron chi connectivity index (χ0n) is 15.0. The zero-order valence-corrected chi connectivity index (χ0v) is 15.8. The van der Waals surface area contributed by atoms with E-state index in [1.165, 1.54) is 6.92 Å². The number of hydrogen-bond acceptors (Lipinski definition) is 4. The number of amides is 2. The molecule has 2 amide bonds. The van der Waals surface area contributed by atoms with Crippen molar-refractivity contribution in [2.24, 2.45) is 0 Å². The highest BCUT2D eigenvalue weighted by Gasteiger charge is 2.11. The largest absolute Gasteiger partial charge is 0.496 e. The van der Waals surface area contributed by atoms with Crippen LogP contribution in [-0.2, 0) is 16.1 Å². The minimum absolute atomic E-state index is 0.138. The van der Waals surface area contributed by atoms with E-state index in [9.17, 15) is 9.59 Å². The van der Waals surface area contributed by atoms with Gasteiger partial charge in [-0.15, -0.1) is 0 Å². The van der Waals surface area contributed by atoms with Crippen LogP contribution in [0.5, 0.6) is 5.75 Å². The molecule has 2 aromatic rings. The molecule has 2 rings (SSSR count). The molecule has 2 N–H and O–H groups in total. The Labute approximate surface area is 158 Å². The number of nitrogens with one attached hydrogen (secondary N) is 2. The number of ether oxygens (including phenoxy) is 1. The van der Waals surface area contributed by atoms with Crippen LogP contribution in [0.3, 0.4) is 0 Å². The molecule has 2 aromatic carbocycles. The van der Waals surface area contributed by atoms with Crippen molar-refractivity contribution >= 4 is 34.8 Å². The SMILES string of the molecule is COc1ccc(Cl)cc1CN(C)CC(=O)Nc1ccc(NC(C)=O)cc1. The molecule has 0 aliphatic carbocycles. The minimum Gasteiger partial charge on any atom is -0.496 e. The van der Waals surface area contributed by atoms with E-state index in [0.29, 0.717) is 22.9 Å². The van der Waals surface area contributed by atoms with Crippen LogP contribution in [-0.4, -0.2) is 37.4 Å². The number of methoxy groups -OCH3 is 1. The molecule has 6 nitrogen and oxygen atoms in total. The molecule has 0 saturated heterocycles. The first kappa shape index (κ1) is 19.8. The Morgan fingerprint density at radius 3 is 2.27 bits per heavy atom. The Morgan fingerprint density at radius 1 is 1.08 bits per heavy atom. The summed E-state index contributed by atoms with van der Waals surface area (Å²) in [7, 11) is 3.45. The molecule has 7 heteroatoms. The number of nitrogens with zero attached hydrogens (tertiary/aromatic N) is 1. The van der Waals surface area contributed by atoms with Crippen LogP contribution in [0.25, 0.3) is 0 Å². The van der Waals surface area contributed by atoms with Crippen LogP contribution in [0.2, 0.25) is 5.02 Å². The first-order chi connectivity index (χ1) is 12.4. The third-order valence-corrected chi connectivity index (χ3v) is 3.82. The number of carbonyl (C=O) groups excluding carboxylic acids is 2. The van der Waals surface area contributed by atoms with Gasteiger partial charge in [0.2, 0.25) is 11.8 Å². The van der Waals surface area contributed by atoms with Crippen molar-refractivity contribution in [2.75, 3.05) is 31.3 Å². The Hall–Kier alpha value is -2.57. The number of carbonyl (C=O) groups is 2. The Morgan fingerprint density at radius 2 is 1.69 bits per heavy atom. The lowest BCUT2D eigenvalue weighted by atomic mass is 10.2. The van der Waals surface area contributed by atoms with E-state index in [4.69, 9.17) is 16.3 Å². The van der Waals surface area contributed by atoms with E-state index >= 15 is 0 Å². The van der Waals surface area contributed by atoms with Gasteiger partial charge in [0.25, 0.3) is 0 Å². The number of likely N-dealkylation sites (N-methyl/N-ethyl adjacent to an activating group) is 1. The average Bonchev–Trinajstić information content (AvgIpc) is 2.56. The first-order valence-electron chi connectivity index (χ1n) is 8.06. The van der Waals surface area contributed by atoms with Crippen LogP contribution < -0.4 is 15.4 Å². The monoisotopic (exact) mass is 375 g/mol. The third-order valence-electron chi connectivity index (χ3n) is 3.59. The van der Waals surface area contributed by atoms with Gasteiger partial charge in [-0.1, -0.05) is 11.6 Å². The molecule has 0 bridgehead atoms. The third kappa shape index (κ3) is 6.06. The van der Waals surface area contributed by atoms with Crippen LogP contribution in [0.4, 0.5) is 11.4 Å². The summed E-state index contributed by atoms with van der Waals surface area (Å²) in [5.74, 6) is 0.454. The molecular weight excluding hydrogens is 354 g/mol. The second-order valence-electron chi connectivity index (χ2n) is 5.94. The number of hydrogen-bond donors (Lipinski definition) is 2. The summed E-state index contributed by atoms with van der Waals surface area (Å²) in [6.07, 6.45) is 0. The summed E-state index contributed by atoms with van der Waals surface area (Å²) < 4.78 is 5.32. The fourth-order valence-corrected chi connectivity index (χ4v) is 2.70. The van der Waals surface area contributed by atoms with Gasteiger partial charge in [0.05, 0.1) is 13.7 Å². The van der Waals surface area contributed by atoms with Gasteiger partial charge in [-0.3, -0.25) is 14.5 Å². The maximum Gasteiger partial charge on any atom is 0.238 e. The normalized spacial score (nSPS) is 10.5. The van der Waals surface area contributed by atoms with E-state index in [1.807, 2.05) is 24.1 Å². The lowest BCUT2D eigenvalue weighted by Gasteiger charge is -2.18. The van der Waals surface area contributed by atoms with Gasteiger partial charge < -0.3 is 15.4 Å². The highest BCUT2D eigenvalue weighted by molar-refractivity contribution is 6.30. The summed E-state index contributed by atoms with van der Waals surface area (Å²) >= 11 is 6.03. The molecule has 0 radical (unpaired) electrons. The molecule has 0 aliphatic rings. The lowest BCUT2D eigenvalue weighted by Crippen LogP contribution is -2.30. The summed E-state index contributed by atoms with van der Waals surface area (Å²) in [6.45, 7) is 2.18. The van der Waals surface area contributed by atoms with Crippen molar-refractivity contribution in [1.29, 1.82) is 0 Å². The molecule has 0 heterocycles. The van der Waals surface area contributed by atoms with Crippen LogP contribution in [0, 0.1) is 0 Å². The van der Waals surface area contributed by atoms with Gasteiger partial charge in [-0.25, -0.2) is 0 Å². The quantitative estimate of drug-likeness (QED) is 0.778. The van der Waals surface area contributed by atoms with E-state index < -0.39 is 0 Å². The van der Waals surface area contributed by atoms with Gasteiger partial charge in [-0.05, 0) is 49.5 Å². The molecule has 0 spiro atoms. The highest BCUT2D eigenvalue weighted by Crippen LogP contribution is 2.23. The van der Waals surface area contributed by atoms with Crippen LogP contribution in [0.1, 0.15) is 12.5 Å². The highest BCUT2D eigenvalue weighted by atomic mass is 35.5. The smallest absolute Gasteiger partial charge is 0.238 e. The topological polar surface area (TPSA) is 70.7 Å². The summed E-state index contributed by atoms with van der Waals surface area (Å²) in [5.41, 5.74) is 2.26. The fraction of sp³-hybridized carbons (Fsp3) is 0.263. The van der Waals surface area contributed by atoms with Gasteiger partial charge in [0, 0.05) is 35.4 Å². The zero-order chi connectivity index (χ0) is 19.1. The van der Waals surface area contributed by atoms with Crippen molar-refractivity contribution in [2.45, 2.75) is 13.5 Å². The van der Waals surface area contributed by atoms with E-state index in [0.717, 1.165) is 11.3 Å². The standard InChI is InChI=1S/C19H22ClN3O3/c1-13(24)21-16-5-7-17(8-6-16)22-19(25)12-23(2)11-14-10-15(20)4-9-18(14)26-3/h4-10H,11-12H2,1-3H3,(H,21,24)(H,22,25). The van der Waals surface area contributed by atoms with Crippen molar-refractivity contribution in [3.63, 3.8) is 0 Å². The van der Waals surface area contributed by atoms with Gasteiger partial charge in [0.15, 0.2) is 0 Å². The van der Waals surface area contributed by atoms with Crippen molar-refractivity contribution < 1.29 is 14.3 Å². The predicted molar refractivity (Wildman–Crippen MR) is 104 cm³/mol. The van der Waals surface area contributed by atoms with Crippen LogP contribution in [0.15, 0.2) is 42.5 Å². The van der Waals surface area contributed by atoms with E-state index in [2.05, 4.69) is 10.6 Å². The van der Waals surface area contributed by atoms with Crippen LogP contribution >= 0.6 is 11.6 Å². The Bertz CT molecular complexity index is 778. The van der Waals surface area contributed by atoms with E-state index in [1.54, 1.807) is 37.4 Å². The number of rotatable bonds is 7. The first-order valence-corrected chi connectivity index (χ1v) is 8.43. The molecule has 26 heavy (non-hydrogen) atoms. The van der Waals surface area contributed by atoms with Crippen molar-refractivity contribution in [1.82, 2.24) is 4.90 Å². The minimum atomic E-state index is -0.139. The molecule has 138 valence electrons. The van der Waals surface area contributed by atoms with Crippen molar-refractivity contribution in [3.05, 3.63) is 53.1 Å². The number of benzene rings is 2. The molecule has 0 saturated carbocycles. The second kappa shape index (κ2) is 9.22.